The van der Waals surface area contributed by atoms with Crippen LogP contribution in [0.5, 0.6) is 5.75 Å². The molecule has 2 unspecified atom stereocenters. The van der Waals surface area contributed by atoms with E-state index in [2.05, 4.69) is 17.6 Å². The lowest BCUT2D eigenvalue weighted by molar-refractivity contribution is -0.384. The molecule has 3 rings (SSSR count). The minimum absolute atomic E-state index is 0.0597. The highest BCUT2D eigenvalue weighted by molar-refractivity contribution is 6.02. The molecule has 0 spiro atoms. The lowest BCUT2D eigenvalue weighted by Crippen LogP contribution is -2.50. The molecule has 25 heavy (non-hydrogen) atoms. The van der Waals surface area contributed by atoms with Crippen LogP contribution >= 0.6 is 0 Å². The Morgan fingerprint density at radius 2 is 2.32 bits per heavy atom. The molecule has 0 saturated carbocycles. The fourth-order valence-corrected chi connectivity index (χ4v) is 3.16. The molecule has 0 bridgehead atoms. The first-order valence-corrected chi connectivity index (χ1v) is 8.18. The van der Waals surface area contributed by atoms with Gasteiger partial charge in [0.15, 0.2) is 6.61 Å². The molecule has 1 fully saturated rings. The lowest BCUT2D eigenvalue weighted by Gasteiger charge is -2.31. The Labute approximate surface area is 144 Å². The minimum Gasteiger partial charge on any atom is -0.482 e. The van der Waals surface area contributed by atoms with Crippen LogP contribution in [0.4, 0.5) is 11.4 Å². The molecular formula is C16H20N4O5. The molecule has 1 aromatic carbocycles. The van der Waals surface area contributed by atoms with Crippen LogP contribution in [0.1, 0.15) is 19.8 Å². The first kappa shape index (κ1) is 17.2. The smallest absolute Gasteiger partial charge is 0.271 e. The maximum atomic E-state index is 12.4. The van der Waals surface area contributed by atoms with E-state index in [1.165, 1.54) is 23.1 Å². The van der Waals surface area contributed by atoms with Gasteiger partial charge in [0.1, 0.15) is 12.3 Å². The monoisotopic (exact) mass is 348 g/mol. The molecule has 2 heterocycles. The third-order valence-corrected chi connectivity index (χ3v) is 4.39. The first-order valence-electron chi connectivity index (χ1n) is 8.18. The standard InChI is InChI=1S/C16H20N4O5/c1-10-6-11(4-5-17-10)18-15(21)8-19-13-7-12(20(23)24)2-3-14(13)25-9-16(19)22/h2-3,7,10-11,17H,4-6,8-9H2,1H3,(H,18,21). The Bertz CT molecular complexity index is 708. The number of carbonyl (C=O) groups excluding carboxylic acids is 2. The van der Waals surface area contributed by atoms with Crippen LogP contribution in [-0.4, -0.2) is 48.5 Å². The lowest BCUT2D eigenvalue weighted by atomic mass is 10.0. The summed E-state index contributed by atoms with van der Waals surface area (Å²) < 4.78 is 5.29. The SMILES string of the molecule is CC1CC(NC(=O)CN2C(=O)COc3ccc([N+](=O)[O-])cc32)CCN1. The molecule has 0 aliphatic carbocycles. The topological polar surface area (TPSA) is 114 Å². The van der Waals surface area contributed by atoms with Crippen LogP contribution in [0.25, 0.3) is 0 Å². The van der Waals surface area contributed by atoms with Crippen molar-refractivity contribution in [2.75, 3.05) is 24.6 Å². The van der Waals surface area contributed by atoms with Gasteiger partial charge >= 0.3 is 0 Å². The zero-order chi connectivity index (χ0) is 18.0. The summed E-state index contributed by atoms with van der Waals surface area (Å²) in [6.45, 7) is 2.51. The van der Waals surface area contributed by atoms with Gasteiger partial charge in [-0.1, -0.05) is 0 Å². The number of piperidine rings is 1. The van der Waals surface area contributed by atoms with Gasteiger partial charge in [-0.25, -0.2) is 0 Å². The number of nitrogens with one attached hydrogen (secondary N) is 2. The quantitative estimate of drug-likeness (QED) is 0.608. The summed E-state index contributed by atoms with van der Waals surface area (Å²) in [6.07, 6.45) is 1.65. The highest BCUT2D eigenvalue weighted by Crippen LogP contribution is 2.35. The summed E-state index contributed by atoms with van der Waals surface area (Å²) in [5.74, 6) is -0.331. The maximum Gasteiger partial charge on any atom is 0.271 e. The van der Waals surface area contributed by atoms with E-state index in [0.29, 0.717) is 11.8 Å². The van der Waals surface area contributed by atoms with Crippen molar-refractivity contribution in [3.8, 4) is 5.75 Å². The van der Waals surface area contributed by atoms with Crippen LogP contribution in [0.15, 0.2) is 18.2 Å². The van der Waals surface area contributed by atoms with Crippen molar-refractivity contribution in [2.45, 2.75) is 31.8 Å². The van der Waals surface area contributed by atoms with E-state index < -0.39 is 10.8 Å². The van der Waals surface area contributed by atoms with Gasteiger partial charge in [-0.3, -0.25) is 24.6 Å². The van der Waals surface area contributed by atoms with Gasteiger partial charge in [0.25, 0.3) is 11.6 Å². The average Bonchev–Trinajstić information content (AvgIpc) is 2.57. The Balaban J connectivity index is 1.73. The van der Waals surface area contributed by atoms with Crippen molar-refractivity contribution in [3.05, 3.63) is 28.3 Å². The third kappa shape index (κ3) is 3.87. The molecule has 134 valence electrons. The fourth-order valence-electron chi connectivity index (χ4n) is 3.16. The van der Waals surface area contributed by atoms with Crippen LogP contribution in [0.3, 0.4) is 0 Å². The number of fused-ring (bicyclic) bond motifs is 1. The van der Waals surface area contributed by atoms with Crippen molar-refractivity contribution in [2.24, 2.45) is 0 Å². The summed E-state index contributed by atoms with van der Waals surface area (Å²) in [5, 5.41) is 17.2. The Kier molecular flexibility index (Phi) is 4.84. The summed E-state index contributed by atoms with van der Waals surface area (Å²) in [5.41, 5.74) is 0.0916. The predicted molar refractivity (Wildman–Crippen MR) is 89.6 cm³/mol. The molecule has 2 aliphatic rings. The van der Waals surface area contributed by atoms with Gasteiger partial charge in [0, 0.05) is 24.2 Å². The fraction of sp³-hybridized carbons (Fsp3) is 0.500. The van der Waals surface area contributed by atoms with Gasteiger partial charge in [0.2, 0.25) is 5.91 Å². The third-order valence-electron chi connectivity index (χ3n) is 4.39. The first-order chi connectivity index (χ1) is 11.9. The van der Waals surface area contributed by atoms with E-state index in [1.54, 1.807) is 0 Å². The van der Waals surface area contributed by atoms with Crippen LogP contribution < -0.4 is 20.3 Å². The zero-order valence-electron chi connectivity index (χ0n) is 13.9. The molecule has 0 radical (unpaired) electrons. The van der Waals surface area contributed by atoms with E-state index >= 15 is 0 Å². The van der Waals surface area contributed by atoms with Gasteiger partial charge in [-0.2, -0.15) is 0 Å². The molecule has 2 atom stereocenters. The number of benzene rings is 1. The van der Waals surface area contributed by atoms with E-state index in [0.717, 1.165) is 19.4 Å². The molecule has 9 nitrogen and oxygen atoms in total. The predicted octanol–water partition coefficient (Wildman–Crippen LogP) is 0.577. The van der Waals surface area contributed by atoms with E-state index in [4.69, 9.17) is 4.74 Å². The van der Waals surface area contributed by atoms with Crippen LogP contribution in [0.2, 0.25) is 0 Å². The number of hydrogen-bond acceptors (Lipinski definition) is 6. The van der Waals surface area contributed by atoms with E-state index in [9.17, 15) is 19.7 Å². The molecule has 9 heteroatoms. The van der Waals surface area contributed by atoms with Crippen molar-refractivity contribution in [1.82, 2.24) is 10.6 Å². The van der Waals surface area contributed by atoms with Crippen molar-refractivity contribution in [3.63, 3.8) is 0 Å². The summed E-state index contributed by atoms with van der Waals surface area (Å²) >= 11 is 0. The number of amides is 2. The normalized spacial score (nSPS) is 22.8. The van der Waals surface area contributed by atoms with Gasteiger partial charge in [0.05, 0.1) is 10.6 Å². The molecule has 0 aromatic heterocycles. The van der Waals surface area contributed by atoms with Gasteiger partial charge in [-0.05, 0) is 32.4 Å². The second kappa shape index (κ2) is 7.06. The summed E-state index contributed by atoms with van der Waals surface area (Å²) in [7, 11) is 0. The Hall–Kier alpha value is -2.68. The van der Waals surface area contributed by atoms with Gasteiger partial charge in [-0.15, -0.1) is 0 Å². The average molecular weight is 348 g/mol. The van der Waals surface area contributed by atoms with Crippen molar-refractivity contribution in [1.29, 1.82) is 0 Å². The number of nitro groups is 1. The number of carbonyl (C=O) groups is 2. The zero-order valence-corrected chi connectivity index (χ0v) is 13.9. The summed E-state index contributed by atoms with van der Waals surface area (Å²) in [6, 6.07) is 4.39. The number of ether oxygens (including phenoxy) is 1. The maximum absolute atomic E-state index is 12.4. The number of anilines is 1. The van der Waals surface area contributed by atoms with Gasteiger partial charge < -0.3 is 15.4 Å². The molecular weight excluding hydrogens is 328 g/mol. The number of hydrogen-bond donors (Lipinski definition) is 2. The molecule has 2 amide bonds. The molecule has 1 saturated heterocycles. The van der Waals surface area contributed by atoms with Crippen molar-refractivity contribution < 1.29 is 19.2 Å². The molecule has 1 aromatic rings. The number of rotatable bonds is 4. The van der Waals surface area contributed by atoms with Crippen LogP contribution in [0, 0.1) is 10.1 Å². The highest BCUT2D eigenvalue weighted by atomic mass is 16.6. The Morgan fingerprint density at radius 3 is 3.04 bits per heavy atom. The Morgan fingerprint density at radius 1 is 1.52 bits per heavy atom. The van der Waals surface area contributed by atoms with E-state index in [1.807, 2.05) is 0 Å². The number of nitrogens with zero attached hydrogens (tertiary/aromatic N) is 2. The van der Waals surface area contributed by atoms with Crippen LogP contribution in [-0.2, 0) is 9.59 Å². The number of non-ortho nitro benzene ring substituents is 1. The second-order valence-electron chi connectivity index (χ2n) is 6.32. The molecule has 2 aliphatic heterocycles. The highest BCUT2D eigenvalue weighted by Gasteiger charge is 2.30. The van der Waals surface area contributed by atoms with Crippen molar-refractivity contribution >= 4 is 23.2 Å². The minimum atomic E-state index is -0.548. The summed E-state index contributed by atoms with van der Waals surface area (Å²) in [4.78, 5) is 36.2. The second-order valence-corrected chi connectivity index (χ2v) is 6.32. The molecule has 2 N–H and O–H groups in total. The van der Waals surface area contributed by atoms with E-state index in [-0.39, 0.29) is 36.5 Å². The largest absolute Gasteiger partial charge is 0.482 e. The number of nitro benzene ring substituents is 1.